The van der Waals surface area contributed by atoms with Crippen LogP contribution >= 0.6 is 11.8 Å². The Kier molecular flexibility index (Phi) is 4.70. The normalized spacial score (nSPS) is 21.6. The second-order valence-corrected chi connectivity index (χ2v) is 6.79. The molecule has 0 saturated carbocycles. The number of piperidine rings is 1. The van der Waals surface area contributed by atoms with Crippen molar-refractivity contribution in [2.75, 3.05) is 26.0 Å². The Morgan fingerprint density at radius 1 is 1.30 bits per heavy atom. The highest BCUT2D eigenvalue weighted by Gasteiger charge is 2.33. The van der Waals surface area contributed by atoms with E-state index in [0.717, 1.165) is 0 Å². The van der Waals surface area contributed by atoms with Crippen LogP contribution in [0.5, 0.6) is 0 Å². The molecule has 2 aliphatic heterocycles. The van der Waals surface area contributed by atoms with E-state index >= 15 is 0 Å². The number of nitrogens with zero attached hydrogens (tertiary/aromatic N) is 3. The molecule has 1 amide bonds. The van der Waals surface area contributed by atoms with Gasteiger partial charge in [-0.1, -0.05) is 11.8 Å². The second kappa shape index (κ2) is 6.74. The highest BCUT2D eigenvalue weighted by Crippen LogP contribution is 2.27. The van der Waals surface area contributed by atoms with Gasteiger partial charge in [0.15, 0.2) is 5.16 Å². The molecule has 0 bridgehead atoms. The van der Waals surface area contributed by atoms with E-state index < -0.39 is 0 Å². The van der Waals surface area contributed by atoms with Crippen molar-refractivity contribution in [1.82, 2.24) is 14.5 Å². The van der Waals surface area contributed by atoms with Crippen molar-refractivity contribution < 1.29 is 14.3 Å². The fraction of sp³-hybridized carbons (Fsp3) is 0.600. The first kappa shape index (κ1) is 16.0. The van der Waals surface area contributed by atoms with Crippen LogP contribution < -0.4 is 5.56 Å². The summed E-state index contributed by atoms with van der Waals surface area (Å²) in [6.07, 6.45) is 2.77. The third kappa shape index (κ3) is 3.26. The number of esters is 1. The van der Waals surface area contributed by atoms with Crippen LogP contribution in [-0.2, 0) is 20.9 Å². The van der Waals surface area contributed by atoms with E-state index in [0.29, 0.717) is 43.4 Å². The molecule has 7 nitrogen and oxygen atoms in total. The average molecular weight is 337 g/mol. The molecule has 23 heavy (non-hydrogen) atoms. The monoisotopic (exact) mass is 337 g/mol. The number of carbonyl (C=O) groups excluding carboxylic acids is 2. The standard InChI is InChI=1S/C15H19N3O4S/c1-22-14(21)10-3-6-17(7-4-10)13(20)11-8-18-12(19)2-5-16-15(18)23-9-11/h2,5,10-11H,3-4,6-9H2,1H3. The molecule has 1 fully saturated rings. The van der Waals surface area contributed by atoms with Crippen molar-refractivity contribution in [2.45, 2.75) is 24.5 Å². The molecular weight excluding hydrogens is 318 g/mol. The van der Waals surface area contributed by atoms with E-state index in [4.69, 9.17) is 4.74 Å². The lowest BCUT2D eigenvalue weighted by atomic mass is 9.96. The Labute approximate surface area is 138 Å². The number of aromatic nitrogens is 2. The van der Waals surface area contributed by atoms with Crippen molar-refractivity contribution >= 4 is 23.6 Å². The molecule has 124 valence electrons. The summed E-state index contributed by atoms with van der Waals surface area (Å²) in [7, 11) is 1.39. The third-order valence-corrected chi connectivity index (χ3v) is 5.56. The minimum absolute atomic E-state index is 0.0576. The maximum Gasteiger partial charge on any atom is 0.308 e. The van der Waals surface area contributed by atoms with Gasteiger partial charge in [-0.25, -0.2) is 4.98 Å². The molecule has 1 saturated heterocycles. The number of ether oxygens (including phenoxy) is 1. The van der Waals surface area contributed by atoms with Gasteiger partial charge in [-0.05, 0) is 12.8 Å². The lowest BCUT2D eigenvalue weighted by Gasteiger charge is -2.34. The molecule has 3 rings (SSSR count). The number of amides is 1. The predicted octanol–water partition coefficient (Wildman–Crippen LogP) is 0.377. The quantitative estimate of drug-likeness (QED) is 0.573. The largest absolute Gasteiger partial charge is 0.469 e. The van der Waals surface area contributed by atoms with Gasteiger partial charge >= 0.3 is 5.97 Å². The van der Waals surface area contributed by atoms with Gasteiger partial charge in [0.05, 0.1) is 18.9 Å². The second-order valence-electron chi connectivity index (χ2n) is 5.81. The van der Waals surface area contributed by atoms with Gasteiger partial charge in [0, 0.05) is 37.7 Å². The fourth-order valence-electron chi connectivity index (χ4n) is 3.06. The number of likely N-dealkylation sites (tertiary alicyclic amines) is 1. The summed E-state index contributed by atoms with van der Waals surface area (Å²) in [5, 5.41) is 0.672. The highest BCUT2D eigenvalue weighted by molar-refractivity contribution is 7.99. The maximum absolute atomic E-state index is 12.7. The summed E-state index contributed by atoms with van der Waals surface area (Å²) in [6, 6.07) is 1.42. The van der Waals surface area contributed by atoms with Gasteiger partial charge in [0.2, 0.25) is 5.91 Å². The zero-order valence-electron chi connectivity index (χ0n) is 12.9. The van der Waals surface area contributed by atoms with E-state index in [-0.39, 0.29) is 29.3 Å². The molecule has 0 spiro atoms. The lowest BCUT2D eigenvalue weighted by molar-refractivity contribution is -0.149. The van der Waals surface area contributed by atoms with Crippen LogP contribution in [0.2, 0.25) is 0 Å². The molecule has 1 unspecified atom stereocenters. The molecule has 0 radical (unpaired) electrons. The highest BCUT2D eigenvalue weighted by atomic mass is 32.2. The van der Waals surface area contributed by atoms with Crippen molar-refractivity contribution in [1.29, 1.82) is 0 Å². The topological polar surface area (TPSA) is 81.5 Å². The number of rotatable bonds is 2. The first-order chi connectivity index (χ1) is 11.1. The van der Waals surface area contributed by atoms with Crippen LogP contribution in [0.4, 0.5) is 0 Å². The van der Waals surface area contributed by atoms with E-state index in [9.17, 15) is 14.4 Å². The molecule has 0 aliphatic carbocycles. The van der Waals surface area contributed by atoms with Gasteiger partial charge in [0.25, 0.3) is 5.56 Å². The summed E-state index contributed by atoms with van der Waals surface area (Å²) >= 11 is 1.44. The number of methoxy groups -OCH3 is 1. The number of thioether (sulfide) groups is 1. The summed E-state index contributed by atoms with van der Waals surface area (Å²) in [4.78, 5) is 42.1. The molecule has 1 aromatic rings. The molecule has 1 atom stereocenters. The molecule has 8 heteroatoms. The minimum Gasteiger partial charge on any atom is -0.469 e. The predicted molar refractivity (Wildman–Crippen MR) is 84.0 cm³/mol. The van der Waals surface area contributed by atoms with Crippen molar-refractivity contribution in [2.24, 2.45) is 11.8 Å². The average Bonchev–Trinajstić information content (AvgIpc) is 2.60. The Morgan fingerprint density at radius 3 is 2.74 bits per heavy atom. The first-order valence-corrected chi connectivity index (χ1v) is 8.64. The first-order valence-electron chi connectivity index (χ1n) is 7.65. The van der Waals surface area contributed by atoms with Gasteiger partial charge in [-0.3, -0.25) is 19.0 Å². The molecular formula is C15H19N3O4S. The summed E-state index contributed by atoms with van der Waals surface area (Å²) in [5.74, 6) is 0.159. The van der Waals surface area contributed by atoms with Gasteiger partial charge in [0.1, 0.15) is 0 Å². The van der Waals surface area contributed by atoms with E-state index in [1.165, 1.54) is 31.1 Å². The zero-order valence-corrected chi connectivity index (χ0v) is 13.8. The number of fused-ring (bicyclic) bond motifs is 1. The number of hydrogen-bond acceptors (Lipinski definition) is 6. The van der Waals surface area contributed by atoms with E-state index in [1.54, 1.807) is 9.47 Å². The molecule has 2 aliphatic rings. The molecule has 0 aromatic carbocycles. The van der Waals surface area contributed by atoms with Gasteiger partial charge < -0.3 is 9.64 Å². The fourth-order valence-corrected chi connectivity index (χ4v) is 4.11. The number of carbonyl (C=O) groups is 2. The smallest absolute Gasteiger partial charge is 0.308 e. The van der Waals surface area contributed by atoms with Crippen molar-refractivity contribution in [3.8, 4) is 0 Å². The molecule has 3 heterocycles. The Hall–Kier alpha value is -1.83. The third-order valence-electron chi connectivity index (χ3n) is 4.41. The zero-order chi connectivity index (χ0) is 16.4. The van der Waals surface area contributed by atoms with Gasteiger partial charge in [-0.2, -0.15) is 0 Å². The van der Waals surface area contributed by atoms with Crippen LogP contribution in [0.25, 0.3) is 0 Å². The maximum atomic E-state index is 12.7. The Balaban J connectivity index is 1.63. The van der Waals surface area contributed by atoms with Crippen molar-refractivity contribution in [3.05, 3.63) is 22.6 Å². The number of hydrogen-bond donors (Lipinski definition) is 0. The summed E-state index contributed by atoms with van der Waals surface area (Å²) in [6.45, 7) is 1.51. The van der Waals surface area contributed by atoms with Crippen LogP contribution in [0.1, 0.15) is 12.8 Å². The van der Waals surface area contributed by atoms with Gasteiger partial charge in [-0.15, -0.1) is 0 Å². The van der Waals surface area contributed by atoms with Crippen LogP contribution in [0.15, 0.2) is 22.2 Å². The van der Waals surface area contributed by atoms with Crippen LogP contribution in [0, 0.1) is 11.8 Å². The Bertz CT molecular complexity index is 667. The molecule has 0 N–H and O–H groups in total. The van der Waals surface area contributed by atoms with Crippen molar-refractivity contribution in [3.63, 3.8) is 0 Å². The lowest BCUT2D eigenvalue weighted by Crippen LogP contribution is -2.46. The molecule has 1 aromatic heterocycles. The van der Waals surface area contributed by atoms with E-state index in [1.807, 2.05) is 0 Å². The summed E-state index contributed by atoms with van der Waals surface area (Å²) < 4.78 is 6.33. The SMILES string of the molecule is COC(=O)C1CCN(C(=O)C2CSc3nccc(=O)n3C2)CC1. The summed E-state index contributed by atoms with van der Waals surface area (Å²) in [5.41, 5.74) is -0.121. The minimum atomic E-state index is -0.218. The van der Waals surface area contributed by atoms with E-state index in [2.05, 4.69) is 4.98 Å². The Morgan fingerprint density at radius 2 is 2.04 bits per heavy atom. The van der Waals surface area contributed by atoms with Crippen LogP contribution in [-0.4, -0.2) is 52.3 Å². The van der Waals surface area contributed by atoms with Crippen LogP contribution in [0.3, 0.4) is 0 Å².